The maximum Gasteiger partial charge on any atom is 0.130 e. The Kier molecular flexibility index (Phi) is 10.1. The molecule has 0 aliphatic carbocycles. The zero-order chi connectivity index (χ0) is 15.3. The van der Waals surface area contributed by atoms with Crippen LogP contribution in [0.1, 0.15) is 13.3 Å². The van der Waals surface area contributed by atoms with E-state index >= 15 is 0 Å². The van der Waals surface area contributed by atoms with Crippen LogP contribution in [0.5, 0.6) is 0 Å². The van der Waals surface area contributed by atoms with E-state index in [9.17, 15) is 4.79 Å². The van der Waals surface area contributed by atoms with Crippen molar-refractivity contribution < 1.29 is 19.0 Å². The number of Topliss-reactive ketones (excluding diaryl/α,β-unsaturated/α-hetero) is 1. The van der Waals surface area contributed by atoms with Crippen LogP contribution in [-0.4, -0.2) is 45.4 Å². The average molecular weight is 276 g/mol. The number of hydrogen-bond donors (Lipinski definition) is 0. The second kappa shape index (κ2) is 11.1. The Morgan fingerprint density at radius 1 is 0.900 bits per heavy atom. The zero-order valence-corrected chi connectivity index (χ0v) is 11.8. The standard InChI is InChI=1S/C16H20O4/c1-5-8-18-12-16(11-15(4)17,13-19-9-6-2)14-20-10-7-3/h1-3H,8-14H2,4H3. The summed E-state index contributed by atoms with van der Waals surface area (Å²) in [5, 5.41) is 0. The summed E-state index contributed by atoms with van der Waals surface area (Å²) in [6.45, 7) is 2.69. The highest BCUT2D eigenvalue weighted by Crippen LogP contribution is 2.25. The molecule has 0 fully saturated rings. The summed E-state index contributed by atoms with van der Waals surface area (Å²) in [6.07, 6.45) is 15.7. The van der Waals surface area contributed by atoms with Crippen LogP contribution in [0.4, 0.5) is 0 Å². The topological polar surface area (TPSA) is 44.8 Å². The quantitative estimate of drug-likeness (QED) is 0.415. The number of hydrogen-bond acceptors (Lipinski definition) is 4. The summed E-state index contributed by atoms with van der Waals surface area (Å²) in [6, 6.07) is 0. The molecule has 20 heavy (non-hydrogen) atoms. The molecule has 4 heteroatoms. The lowest BCUT2D eigenvalue weighted by Crippen LogP contribution is -2.39. The Morgan fingerprint density at radius 2 is 1.25 bits per heavy atom. The third kappa shape index (κ3) is 8.35. The van der Waals surface area contributed by atoms with Gasteiger partial charge in [0.2, 0.25) is 0 Å². The molecule has 0 aliphatic heterocycles. The molecule has 0 heterocycles. The Morgan fingerprint density at radius 3 is 1.50 bits per heavy atom. The number of carbonyl (C=O) groups excluding carboxylic acids is 1. The van der Waals surface area contributed by atoms with Gasteiger partial charge in [-0.05, 0) is 6.92 Å². The minimum absolute atomic E-state index is 0.00271. The number of terminal acetylenes is 3. The minimum atomic E-state index is -0.629. The van der Waals surface area contributed by atoms with Crippen molar-refractivity contribution in [2.24, 2.45) is 5.41 Å². The third-order valence-corrected chi connectivity index (χ3v) is 2.40. The lowest BCUT2D eigenvalue weighted by atomic mass is 9.85. The van der Waals surface area contributed by atoms with Crippen LogP contribution < -0.4 is 0 Å². The summed E-state index contributed by atoms with van der Waals surface area (Å²) < 4.78 is 16.1. The van der Waals surface area contributed by atoms with Gasteiger partial charge in [0.1, 0.15) is 25.6 Å². The van der Waals surface area contributed by atoms with Gasteiger partial charge in [0, 0.05) is 11.8 Å². The van der Waals surface area contributed by atoms with Crippen LogP contribution in [0.25, 0.3) is 0 Å². The fourth-order valence-electron chi connectivity index (χ4n) is 1.79. The Hall–Kier alpha value is -1.77. The van der Waals surface area contributed by atoms with E-state index in [2.05, 4.69) is 17.8 Å². The van der Waals surface area contributed by atoms with E-state index < -0.39 is 5.41 Å². The molecule has 0 saturated carbocycles. The smallest absolute Gasteiger partial charge is 0.130 e. The molecule has 0 aromatic heterocycles. The van der Waals surface area contributed by atoms with Crippen molar-refractivity contribution >= 4 is 5.78 Å². The highest BCUT2D eigenvalue weighted by atomic mass is 16.5. The molecule has 108 valence electrons. The first-order chi connectivity index (χ1) is 9.60. The van der Waals surface area contributed by atoms with E-state index in [-0.39, 0.29) is 51.8 Å². The maximum absolute atomic E-state index is 11.5. The summed E-state index contributed by atoms with van der Waals surface area (Å²) >= 11 is 0. The van der Waals surface area contributed by atoms with Gasteiger partial charge >= 0.3 is 0 Å². The summed E-state index contributed by atoms with van der Waals surface area (Å²) in [4.78, 5) is 11.5. The van der Waals surface area contributed by atoms with Crippen molar-refractivity contribution in [3.8, 4) is 37.0 Å². The average Bonchev–Trinajstić information content (AvgIpc) is 2.39. The molecule has 0 amide bonds. The van der Waals surface area contributed by atoms with Crippen LogP contribution >= 0.6 is 0 Å². The SMILES string of the molecule is C#CCOCC(COCC#C)(COCC#C)CC(C)=O. The molecule has 4 nitrogen and oxygen atoms in total. The number of ether oxygens (including phenoxy) is 3. The largest absolute Gasteiger partial charge is 0.368 e. The number of carbonyl (C=O) groups is 1. The Bertz CT molecular complexity index is 355. The molecule has 0 bridgehead atoms. The molecule has 0 atom stereocenters. The molecular weight excluding hydrogens is 256 g/mol. The lowest BCUT2D eigenvalue weighted by molar-refractivity contribution is -0.125. The van der Waals surface area contributed by atoms with E-state index in [1.54, 1.807) is 0 Å². The van der Waals surface area contributed by atoms with E-state index in [1.165, 1.54) is 6.92 Å². The van der Waals surface area contributed by atoms with Gasteiger partial charge in [-0.2, -0.15) is 0 Å². The second-order valence-corrected chi connectivity index (χ2v) is 4.47. The fraction of sp³-hybridized carbons (Fsp3) is 0.562. The van der Waals surface area contributed by atoms with Crippen LogP contribution in [0.15, 0.2) is 0 Å². The predicted molar refractivity (Wildman–Crippen MR) is 76.7 cm³/mol. The summed E-state index contributed by atoms with van der Waals surface area (Å²) in [7, 11) is 0. The number of ketones is 1. The lowest BCUT2D eigenvalue weighted by Gasteiger charge is -2.31. The van der Waals surface area contributed by atoms with E-state index in [1.807, 2.05) is 0 Å². The monoisotopic (exact) mass is 276 g/mol. The Balaban J connectivity index is 4.76. The van der Waals surface area contributed by atoms with E-state index in [0.717, 1.165) is 0 Å². The van der Waals surface area contributed by atoms with Crippen LogP contribution in [0.2, 0.25) is 0 Å². The molecule has 0 aromatic carbocycles. The highest BCUT2D eigenvalue weighted by molar-refractivity contribution is 5.76. The minimum Gasteiger partial charge on any atom is -0.368 e. The fourth-order valence-corrected chi connectivity index (χ4v) is 1.79. The molecular formula is C16H20O4. The molecule has 0 radical (unpaired) electrons. The van der Waals surface area contributed by atoms with Crippen molar-refractivity contribution in [2.45, 2.75) is 13.3 Å². The van der Waals surface area contributed by atoms with Gasteiger partial charge in [0.05, 0.1) is 19.8 Å². The van der Waals surface area contributed by atoms with Gasteiger partial charge in [-0.25, -0.2) is 0 Å². The molecule has 0 unspecified atom stereocenters. The normalized spacial score (nSPS) is 10.3. The summed E-state index contributed by atoms with van der Waals surface area (Å²) in [5.74, 6) is 7.13. The van der Waals surface area contributed by atoms with Crippen LogP contribution in [0, 0.1) is 42.4 Å². The highest BCUT2D eigenvalue weighted by Gasteiger charge is 2.33. The van der Waals surface area contributed by atoms with Crippen LogP contribution in [-0.2, 0) is 19.0 Å². The molecule has 0 rings (SSSR count). The second-order valence-electron chi connectivity index (χ2n) is 4.47. The van der Waals surface area contributed by atoms with Gasteiger partial charge in [0.25, 0.3) is 0 Å². The van der Waals surface area contributed by atoms with Gasteiger partial charge in [-0.1, -0.05) is 17.8 Å². The van der Waals surface area contributed by atoms with Crippen molar-refractivity contribution in [2.75, 3.05) is 39.6 Å². The third-order valence-electron chi connectivity index (χ3n) is 2.40. The first kappa shape index (κ1) is 18.2. The molecule has 0 spiro atoms. The van der Waals surface area contributed by atoms with Crippen molar-refractivity contribution in [1.82, 2.24) is 0 Å². The maximum atomic E-state index is 11.5. The van der Waals surface area contributed by atoms with Crippen molar-refractivity contribution in [1.29, 1.82) is 0 Å². The first-order valence-corrected chi connectivity index (χ1v) is 6.13. The van der Waals surface area contributed by atoms with Crippen LogP contribution in [0.3, 0.4) is 0 Å². The molecule has 0 aliphatic rings. The molecule has 0 N–H and O–H groups in total. The van der Waals surface area contributed by atoms with Crippen molar-refractivity contribution in [3.05, 3.63) is 0 Å². The van der Waals surface area contributed by atoms with E-state index in [0.29, 0.717) is 0 Å². The van der Waals surface area contributed by atoms with E-state index in [4.69, 9.17) is 33.5 Å². The Labute approximate surface area is 121 Å². The number of rotatable bonds is 11. The van der Waals surface area contributed by atoms with Gasteiger partial charge < -0.3 is 19.0 Å². The molecule has 0 saturated heterocycles. The summed E-state index contributed by atoms with van der Waals surface area (Å²) in [5.41, 5.74) is -0.629. The predicted octanol–water partition coefficient (Wildman–Crippen LogP) is 0.901. The molecule has 0 aromatic rings. The zero-order valence-electron chi connectivity index (χ0n) is 11.8. The van der Waals surface area contributed by atoms with Gasteiger partial charge in [0.15, 0.2) is 0 Å². The van der Waals surface area contributed by atoms with Gasteiger partial charge in [-0.15, -0.1) is 19.3 Å². The first-order valence-electron chi connectivity index (χ1n) is 6.13. The van der Waals surface area contributed by atoms with Crippen molar-refractivity contribution in [3.63, 3.8) is 0 Å². The van der Waals surface area contributed by atoms with Gasteiger partial charge in [-0.3, -0.25) is 0 Å².